The van der Waals surface area contributed by atoms with Gasteiger partial charge in [-0.25, -0.2) is 15.0 Å². The summed E-state index contributed by atoms with van der Waals surface area (Å²) in [7, 11) is 1.93. The maximum atomic E-state index is 12.6. The van der Waals surface area contributed by atoms with E-state index in [-0.39, 0.29) is 6.04 Å². The molecule has 3 rings (SSSR count). The molecule has 0 spiro atoms. The summed E-state index contributed by atoms with van der Waals surface area (Å²) in [6, 6.07) is 2.76. The highest BCUT2D eigenvalue weighted by molar-refractivity contribution is 6.30. The third-order valence-corrected chi connectivity index (χ3v) is 4.53. The molecule has 5 nitrogen and oxygen atoms in total. The van der Waals surface area contributed by atoms with Gasteiger partial charge in [0.05, 0.1) is 29.3 Å². The van der Waals surface area contributed by atoms with E-state index < -0.39 is 11.9 Å². The van der Waals surface area contributed by atoms with Gasteiger partial charge in [0.15, 0.2) is 0 Å². The molecule has 0 bridgehead atoms. The maximum Gasteiger partial charge on any atom is 0.433 e. The summed E-state index contributed by atoms with van der Waals surface area (Å²) in [6.45, 7) is 1.46. The number of hydrogen-bond acceptors (Lipinski definition) is 5. The Morgan fingerprint density at radius 3 is 2.24 bits per heavy atom. The maximum absolute atomic E-state index is 12.6. The van der Waals surface area contributed by atoms with Crippen molar-refractivity contribution >= 4 is 23.2 Å². The Bertz CT molecular complexity index is 697. The van der Waals surface area contributed by atoms with Crippen LogP contribution in [0.25, 0.3) is 0 Å². The van der Waals surface area contributed by atoms with E-state index >= 15 is 0 Å². The largest absolute Gasteiger partial charge is 0.433 e. The van der Waals surface area contributed by atoms with E-state index in [1.54, 1.807) is 12.4 Å². The molecular formula is C16H17ClF3N5. The van der Waals surface area contributed by atoms with Gasteiger partial charge in [0.1, 0.15) is 5.69 Å². The van der Waals surface area contributed by atoms with Crippen LogP contribution >= 0.6 is 11.6 Å². The molecule has 1 aliphatic rings. The molecule has 134 valence electrons. The molecule has 3 heterocycles. The van der Waals surface area contributed by atoms with Crippen LogP contribution in [0.2, 0.25) is 5.02 Å². The summed E-state index contributed by atoms with van der Waals surface area (Å²) in [5.74, 6) is 0.610. The first-order valence-corrected chi connectivity index (χ1v) is 8.21. The minimum Gasteiger partial charge on any atom is -0.370 e. The Labute approximate surface area is 148 Å². The molecule has 0 unspecified atom stereocenters. The highest BCUT2D eigenvalue weighted by Gasteiger charge is 2.32. The zero-order chi connectivity index (χ0) is 18.0. The standard InChI is InChI=1S/C16H17ClF3N5/c1-24(15-22-8-11(17)9-23-15)12-4-6-25(7-5-12)13-2-3-14(21-10-13)16(18,19)20/h2-3,8-10,12H,4-7H2,1H3. The summed E-state index contributed by atoms with van der Waals surface area (Å²) >= 11 is 5.80. The van der Waals surface area contributed by atoms with Gasteiger partial charge in [-0.05, 0) is 25.0 Å². The zero-order valence-electron chi connectivity index (χ0n) is 13.5. The average Bonchev–Trinajstić information content (AvgIpc) is 2.61. The number of halogens is 4. The third-order valence-electron chi connectivity index (χ3n) is 4.34. The molecule has 25 heavy (non-hydrogen) atoms. The Hall–Kier alpha value is -2.09. The van der Waals surface area contributed by atoms with Gasteiger partial charge in [0.25, 0.3) is 0 Å². The summed E-state index contributed by atoms with van der Waals surface area (Å²) in [4.78, 5) is 16.0. The van der Waals surface area contributed by atoms with Crippen LogP contribution in [0.1, 0.15) is 18.5 Å². The van der Waals surface area contributed by atoms with Gasteiger partial charge < -0.3 is 9.80 Å². The first-order valence-electron chi connectivity index (χ1n) is 7.83. The molecule has 9 heteroatoms. The van der Waals surface area contributed by atoms with Crippen molar-refractivity contribution in [3.8, 4) is 0 Å². The average molecular weight is 372 g/mol. The van der Waals surface area contributed by atoms with E-state index in [2.05, 4.69) is 15.0 Å². The Morgan fingerprint density at radius 1 is 1.08 bits per heavy atom. The summed E-state index contributed by atoms with van der Waals surface area (Å²) in [6.07, 6.45) is 1.70. The van der Waals surface area contributed by atoms with Crippen molar-refractivity contribution in [2.45, 2.75) is 25.1 Å². The number of rotatable bonds is 3. The van der Waals surface area contributed by atoms with Crippen molar-refractivity contribution < 1.29 is 13.2 Å². The number of alkyl halides is 3. The number of anilines is 2. The van der Waals surface area contributed by atoms with E-state index in [1.807, 2.05) is 16.8 Å². The van der Waals surface area contributed by atoms with Crippen molar-refractivity contribution in [3.63, 3.8) is 0 Å². The Kier molecular flexibility index (Phi) is 4.99. The fourth-order valence-corrected chi connectivity index (χ4v) is 3.00. The van der Waals surface area contributed by atoms with Crippen LogP contribution in [0.5, 0.6) is 0 Å². The SMILES string of the molecule is CN(c1ncc(Cl)cn1)C1CCN(c2ccc(C(F)(F)F)nc2)CC1. The normalized spacial score (nSPS) is 16.1. The van der Waals surface area contributed by atoms with Crippen molar-refractivity contribution in [3.05, 3.63) is 41.4 Å². The lowest BCUT2D eigenvalue weighted by Gasteiger charge is -2.37. The van der Waals surface area contributed by atoms with Crippen molar-refractivity contribution in [1.29, 1.82) is 0 Å². The molecule has 0 amide bonds. The molecule has 1 aliphatic heterocycles. The second kappa shape index (κ2) is 7.03. The summed E-state index contributed by atoms with van der Waals surface area (Å²) in [5.41, 5.74) is -0.164. The van der Waals surface area contributed by atoms with Crippen molar-refractivity contribution in [1.82, 2.24) is 15.0 Å². The van der Waals surface area contributed by atoms with Gasteiger partial charge in [-0.2, -0.15) is 13.2 Å². The summed E-state index contributed by atoms with van der Waals surface area (Å²) in [5, 5.41) is 0.488. The highest BCUT2D eigenvalue weighted by atomic mass is 35.5. The van der Waals surface area contributed by atoms with Crippen LogP contribution in [0.4, 0.5) is 24.8 Å². The fourth-order valence-electron chi connectivity index (χ4n) is 2.90. The number of pyridine rings is 1. The molecule has 0 aromatic carbocycles. The number of nitrogens with zero attached hydrogens (tertiary/aromatic N) is 5. The first kappa shape index (κ1) is 17.7. The highest BCUT2D eigenvalue weighted by Crippen LogP contribution is 2.29. The van der Waals surface area contributed by atoms with E-state index in [4.69, 9.17) is 11.6 Å². The number of piperidine rings is 1. The first-order chi connectivity index (χ1) is 11.8. The van der Waals surface area contributed by atoms with Gasteiger partial charge in [-0.3, -0.25) is 0 Å². The smallest absolute Gasteiger partial charge is 0.370 e. The molecule has 0 saturated carbocycles. The van der Waals surface area contributed by atoms with Crippen LogP contribution in [0.15, 0.2) is 30.7 Å². The lowest BCUT2D eigenvalue weighted by atomic mass is 10.0. The minimum absolute atomic E-state index is 0.264. The molecule has 2 aromatic heterocycles. The predicted molar refractivity (Wildman–Crippen MR) is 89.9 cm³/mol. The van der Waals surface area contributed by atoms with Gasteiger partial charge in [0, 0.05) is 26.2 Å². The lowest BCUT2D eigenvalue weighted by Crippen LogP contribution is -2.44. The second-order valence-corrected chi connectivity index (χ2v) is 6.37. The van der Waals surface area contributed by atoms with Gasteiger partial charge in [-0.1, -0.05) is 11.6 Å². The molecular weight excluding hydrogens is 355 g/mol. The molecule has 0 atom stereocenters. The monoisotopic (exact) mass is 371 g/mol. The molecule has 0 N–H and O–H groups in total. The van der Waals surface area contributed by atoms with Gasteiger partial charge >= 0.3 is 6.18 Å². The third kappa shape index (κ3) is 4.12. The molecule has 1 fully saturated rings. The van der Waals surface area contributed by atoms with Crippen molar-refractivity contribution in [2.75, 3.05) is 29.9 Å². The predicted octanol–water partition coefficient (Wildman–Crippen LogP) is 3.65. The molecule has 0 radical (unpaired) electrons. The van der Waals surface area contributed by atoms with Crippen LogP contribution in [0.3, 0.4) is 0 Å². The lowest BCUT2D eigenvalue weighted by molar-refractivity contribution is -0.141. The van der Waals surface area contributed by atoms with E-state index in [0.29, 0.717) is 16.7 Å². The van der Waals surface area contributed by atoms with Crippen molar-refractivity contribution in [2.24, 2.45) is 0 Å². The molecule has 0 aliphatic carbocycles. The van der Waals surface area contributed by atoms with E-state index in [0.717, 1.165) is 32.0 Å². The minimum atomic E-state index is -4.41. The topological polar surface area (TPSA) is 45.2 Å². The Morgan fingerprint density at radius 2 is 1.72 bits per heavy atom. The van der Waals surface area contributed by atoms with Gasteiger partial charge in [0.2, 0.25) is 5.95 Å². The second-order valence-electron chi connectivity index (χ2n) is 5.93. The number of hydrogen-bond donors (Lipinski definition) is 0. The van der Waals surface area contributed by atoms with Crippen LogP contribution in [0, 0.1) is 0 Å². The zero-order valence-corrected chi connectivity index (χ0v) is 14.3. The van der Waals surface area contributed by atoms with Crippen LogP contribution < -0.4 is 9.80 Å². The van der Waals surface area contributed by atoms with Crippen LogP contribution in [-0.2, 0) is 6.18 Å². The van der Waals surface area contributed by atoms with E-state index in [9.17, 15) is 13.2 Å². The van der Waals surface area contributed by atoms with Gasteiger partial charge in [-0.15, -0.1) is 0 Å². The summed E-state index contributed by atoms with van der Waals surface area (Å²) < 4.78 is 37.8. The molecule has 1 saturated heterocycles. The quantitative estimate of drug-likeness (QED) is 0.824. The number of aromatic nitrogens is 3. The van der Waals surface area contributed by atoms with Crippen LogP contribution in [-0.4, -0.2) is 41.1 Å². The van der Waals surface area contributed by atoms with E-state index in [1.165, 1.54) is 12.3 Å². The fraction of sp³-hybridized carbons (Fsp3) is 0.438. The Balaban J connectivity index is 1.60. The molecule has 2 aromatic rings.